The van der Waals surface area contributed by atoms with Crippen LogP contribution in [0.3, 0.4) is 0 Å². The lowest BCUT2D eigenvalue weighted by molar-refractivity contribution is -0.145. The van der Waals surface area contributed by atoms with Crippen molar-refractivity contribution in [2.75, 3.05) is 20.5 Å². The van der Waals surface area contributed by atoms with E-state index in [0.29, 0.717) is 23.5 Å². The number of rotatable bonds is 10. The zero-order valence-corrected chi connectivity index (χ0v) is 24.4. The average molecular weight is 584 g/mol. The summed E-state index contributed by atoms with van der Waals surface area (Å²) < 4.78 is 60.3. The smallest absolute Gasteiger partial charge is 0.309 e. The van der Waals surface area contributed by atoms with Gasteiger partial charge in [0.05, 0.1) is 39.2 Å². The summed E-state index contributed by atoms with van der Waals surface area (Å²) in [6, 6.07) is 13.1. The number of pyridine rings is 1. The minimum Gasteiger partial charge on any atom is -0.485 e. The van der Waals surface area contributed by atoms with Gasteiger partial charge in [-0.05, 0) is 77.5 Å². The Morgan fingerprint density at radius 2 is 1.88 bits per heavy atom. The molecule has 0 amide bonds. The van der Waals surface area contributed by atoms with Crippen molar-refractivity contribution in [3.8, 4) is 22.8 Å². The summed E-state index contributed by atoms with van der Waals surface area (Å²) >= 11 is 0. The Bertz CT molecular complexity index is 1550. The number of esters is 1. The Labute approximate surface area is 239 Å². The van der Waals surface area contributed by atoms with Crippen LogP contribution in [0.25, 0.3) is 11.1 Å². The number of aromatic nitrogens is 1. The fraction of sp³-hybridized carbons (Fsp3) is 0.419. The van der Waals surface area contributed by atoms with Crippen molar-refractivity contribution in [3.63, 3.8) is 0 Å². The second-order valence-electron chi connectivity index (χ2n) is 10.8. The van der Waals surface area contributed by atoms with Crippen LogP contribution < -0.4 is 9.47 Å². The SMILES string of the molecule is COC(=O)C(C)C(c1ccc2c(c1)O[C@H](c1ccc(-c3cc(OC)ncc3F)c(COS(C)(=O)=O)c1)CC2)C1CC1. The topological polar surface area (TPSA) is 101 Å². The van der Waals surface area contributed by atoms with Gasteiger partial charge >= 0.3 is 5.97 Å². The highest BCUT2D eigenvalue weighted by Gasteiger charge is 2.39. The minimum absolute atomic E-state index is 0.0583. The molecule has 0 bridgehead atoms. The third kappa shape index (κ3) is 6.54. The van der Waals surface area contributed by atoms with E-state index in [2.05, 4.69) is 17.1 Å². The Kier molecular flexibility index (Phi) is 8.33. The van der Waals surface area contributed by atoms with E-state index in [0.717, 1.165) is 54.2 Å². The molecule has 5 rings (SSSR count). The Balaban J connectivity index is 1.47. The molecular formula is C31H34FNO7S. The second-order valence-corrected chi connectivity index (χ2v) is 12.4. The number of hydrogen-bond donors (Lipinski definition) is 0. The van der Waals surface area contributed by atoms with Crippen LogP contribution in [0.15, 0.2) is 48.7 Å². The second kappa shape index (κ2) is 11.8. The number of aryl methyl sites for hydroxylation is 1. The fourth-order valence-electron chi connectivity index (χ4n) is 5.69. The van der Waals surface area contributed by atoms with Gasteiger partial charge in [-0.25, -0.2) is 9.37 Å². The van der Waals surface area contributed by atoms with Crippen LogP contribution in [0.4, 0.5) is 4.39 Å². The molecule has 1 fully saturated rings. The molecule has 41 heavy (non-hydrogen) atoms. The predicted molar refractivity (Wildman–Crippen MR) is 151 cm³/mol. The van der Waals surface area contributed by atoms with Crippen molar-refractivity contribution in [2.45, 2.75) is 51.2 Å². The normalized spacial score (nSPS) is 18.1. The van der Waals surface area contributed by atoms with Crippen molar-refractivity contribution in [3.05, 3.63) is 76.7 Å². The zero-order chi connectivity index (χ0) is 29.3. The zero-order valence-electron chi connectivity index (χ0n) is 23.6. The highest BCUT2D eigenvalue weighted by Crippen LogP contribution is 2.48. The van der Waals surface area contributed by atoms with Crippen LogP contribution >= 0.6 is 0 Å². The van der Waals surface area contributed by atoms with Gasteiger partial charge in [-0.1, -0.05) is 31.2 Å². The Morgan fingerprint density at radius 3 is 2.56 bits per heavy atom. The summed E-state index contributed by atoms with van der Waals surface area (Å²) in [4.78, 5) is 16.3. The molecule has 1 aliphatic heterocycles. The van der Waals surface area contributed by atoms with E-state index in [1.807, 2.05) is 19.1 Å². The van der Waals surface area contributed by atoms with Crippen LogP contribution in [-0.4, -0.2) is 39.8 Å². The minimum atomic E-state index is -3.75. The highest BCUT2D eigenvalue weighted by atomic mass is 32.2. The molecule has 2 aromatic carbocycles. The van der Waals surface area contributed by atoms with Crippen LogP contribution in [-0.2, 0) is 36.9 Å². The molecule has 0 radical (unpaired) electrons. The summed E-state index contributed by atoms with van der Waals surface area (Å²) in [5.74, 6) is 0.453. The van der Waals surface area contributed by atoms with Crippen molar-refractivity contribution in [1.82, 2.24) is 4.98 Å². The third-order valence-corrected chi connectivity index (χ3v) is 8.47. The summed E-state index contributed by atoms with van der Waals surface area (Å²) in [5, 5.41) is 0. The molecule has 10 heteroatoms. The molecule has 0 saturated heterocycles. The molecule has 2 unspecified atom stereocenters. The maximum atomic E-state index is 14.8. The van der Waals surface area contributed by atoms with Gasteiger partial charge in [-0.15, -0.1) is 0 Å². The molecule has 1 aromatic heterocycles. The molecule has 8 nitrogen and oxygen atoms in total. The number of halogens is 1. The number of ether oxygens (including phenoxy) is 3. The van der Waals surface area contributed by atoms with Gasteiger partial charge in [0.15, 0.2) is 0 Å². The molecule has 2 heterocycles. The van der Waals surface area contributed by atoms with Crippen molar-refractivity contribution < 1.29 is 36.0 Å². The van der Waals surface area contributed by atoms with E-state index < -0.39 is 15.9 Å². The number of carbonyl (C=O) groups is 1. The maximum absolute atomic E-state index is 14.8. The molecule has 0 N–H and O–H groups in total. The first-order chi connectivity index (χ1) is 19.6. The van der Waals surface area contributed by atoms with Crippen LogP contribution in [0.1, 0.15) is 60.5 Å². The number of carbonyl (C=O) groups excluding carboxylic acids is 1. The summed E-state index contributed by atoms with van der Waals surface area (Å²) in [7, 11) is -0.889. The predicted octanol–water partition coefficient (Wildman–Crippen LogP) is 5.74. The monoisotopic (exact) mass is 583 g/mol. The van der Waals surface area contributed by atoms with Gasteiger partial charge in [-0.2, -0.15) is 8.42 Å². The summed E-state index contributed by atoms with van der Waals surface area (Å²) in [6.07, 6.45) is 5.40. The summed E-state index contributed by atoms with van der Waals surface area (Å²) in [6.45, 7) is 1.65. The Morgan fingerprint density at radius 1 is 1.10 bits per heavy atom. The first kappa shape index (κ1) is 29.0. The van der Waals surface area contributed by atoms with Crippen LogP contribution in [0.5, 0.6) is 11.6 Å². The van der Waals surface area contributed by atoms with Crippen molar-refractivity contribution in [2.24, 2.45) is 11.8 Å². The van der Waals surface area contributed by atoms with Gasteiger partial charge in [0.2, 0.25) is 5.88 Å². The van der Waals surface area contributed by atoms with Crippen molar-refractivity contribution >= 4 is 16.1 Å². The molecule has 0 spiro atoms. The van der Waals surface area contributed by atoms with Gasteiger partial charge in [0.25, 0.3) is 10.1 Å². The fourth-order valence-corrected chi connectivity index (χ4v) is 6.03. The first-order valence-electron chi connectivity index (χ1n) is 13.6. The van der Waals surface area contributed by atoms with E-state index in [4.69, 9.17) is 18.4 Å². The Hall–Kier alpha value is -3.50. The standard InChI is InChI=1S/C31H34FNO7S/c1-18(31(34)38-3)30(20-6-7-20)22-8-5-19-10-12-27(40-28(19)14-22)21-9-11-24(23(13-21)17-39-41(4,35)36)25-15-29(37-2)33-16-26(25)32/h5,8-9,11,13-16,18,20,27,30H,6-7,10,12,17H2,1-4H3/t18?,27-,30?/m0/s1. The van der Waals surface area contributed by atoms with E-state index in [1.54, 1.807) is 12.1 Å². The number of nitrogens with zero attached hydrogens (tertiary/aromatic N) is 1. The molecular weight excluding hydrogens is 549 g/mol. The van der Waals surface area contributed by atoms with Crippen LogP contribution in [0, 0.1) is 17.7 Å². The third-order valence-electron chi connectivity index (χ3n) is 7.92. The van der Waals surface area contributed by atoms with E-state index >= 15 is 0 Å². The average Bonchev–Trinajstić information content (AvgIpc) is 3.80. The van der Waals surface area contributed by atoms with Gasteiger partial charge in [0.1, 0.15) is 17.7 Å². The quantitative estimate of drug-likeness (QED) is 0.220. The van der Waals surface area contributed by atoms with E-state index in [9.17, 15) is 17.6 Å². The largest absolute Gasteiger partial charge is 0.485 e. The van der Waals surface area contributed by atoms with Gasteiger partial charge in [0, 0.05) is 11.6 Å². The highest BCUT2D eigenvalue weighted by molar-refractivity contribution is 7.85. The van der Waals surface area contributed by atoms with E-state index in [-0.39, 0.29) is 42.0 Å². The van der Waals surface area contributed by atoms with Gasteiger partial charge in [-0.3, -0.25) is 8.98 Å². The lowest BCUT2D eigenvalue weighted by Gasteiger charge is -2.29. The molecule has 1 saturated carbocycles. The first-order valence-corrected chi connectivity index (χ1v) is 15.4. The lowest BCUT2D eigenvalue weighted by Crippen LogP contribution is -2.23. The lowest BCUT2D eigenvalue weighted by atomic mass is 9.82. The van der Waals surface area contributed by atoms with Gasteiger partial charge < -0.3 is 14.2 Å². The maximum Gasteiger partial charge on any atom is 0.309 e. The number of fused-ring (bicyclic) bond motifs is 1. The number of benzene rings is 2. The molecule has 3 aromatic rings. The molecule has 2 aliphatic rings. The summed E-state index contributed by atoms with van der Waals surface area (Å²) in [5.41, 5.74) is 4.15. The van der Waals surface area contributed by atoms with Crippen LogP contribution in [0.2, 0.25) is 0 Å². The molecule has 3 atom stereocenters. The molecule has 218 valence electrons. The number of methoxy groups -OCH3 is 2. The van der Waals surface area contributed by atoms with Crippen molar-refractivity contribution in [1.29, 1.82) is 0 Å². The van der Waals surface area contributed by atoms with E-state index in [1.165, 1.54) is 20.3 Å². The number of hydrogen-bond acceptors (Lipinski definition) is 8. The molecule has 1 aliphatic carbocycles.